The van der Waals surface area contributed by atoms with Crippen LogP contribution in [0.3, 0.4) is 0 Å². The molecule has 0 atom stereocenters. The van der Waals surface area contributed by atoms with E-state index in [-0.39, 0.29) is 0 Å². The summed E-state index contributed by atoms with van der Waals surface area (Å²) in [5.41, 5.74) is 1.12. The van der Waals surface area contributed by atoms with E-state index in [1.54, 1.807) is 7.11 Å². The van der Waals surface area contributed by atoms with Crippen molar-refractivity contribution in [2.75, 3.05) is 25.6 Å². The van der Waals surface area contributed by atoms with Crippen molar-refractivity contribution in [3.63, 3.8) is 0 Å². The van der Waals surface area contributed by atoms with Crippen LogP contribution in [-0.2, 0) is 4.79 Å². The van der Waals surface area contributed by atoms with Gasteiger partial charge in [0.1, 0.15) is 11.5 Å². The zero-order chi connectivity index (χ0) is 12.7. The molecule has 17 heavy (non-hydrogen) atoms. The fraction of sp³-hybridized carbons (Fsp3) is 0.500. The van der Waals surface area contributed by atoms with Gasteiger partial charge >= 0.3 is 0 Å². The van der Waals surface area contributed by atoms with Gasteiger partial charge in [-0.1, -0.05) is 13.0 Å². The molecule has 0 N–H and O–H groups in total. The SMILES string of the molecule is CCC(=O)CCCN(C)c1cccc(OC)c1. The maximum atomic E-state index is 11.2. The van der Waals surface area contributed by atoms with Crippen molar-refractivity contribution in [2.24, 2.45) is 0 Å². The van der Waals surface area contributed by atoms with Crippen LogP contribution in [0.25, 0.3) is 0 Å². The Labute approximate surface area is 103 Å². The number of methoxy groups -OCH3 is 1. The Morgan fingerprint density at radius 2 is 2.18 bits per heavy atom. The molecule has 0 aliphatic heterocycles. The fourth-order valence-electron chi connectivity index (χ4n) is 1.67. The third kappa shape index (κ3) is 4.47. The topological polar surface area (TPSA) is 29.5 Å². The molecule has 0 aliphatic carbocycles. The normalized spacial score (nSPS) is 10.1. The molecule has 0 amide bonds. The van der Waals surface area contributed by atoms with E-state index in [0.717, 1.165) is 24.4 Å². The van der Waals surface area contributed by atoms with Crippen molar-refractivity contribution >= 4 is 11.5 Å². The van der Waals surface area contributed by atoms with Gasteiger partial charge in [-0.2, -0.15) is 0 Å². The highest BCUT2D eigenvalue weighted by atomic mass is 16.5. The number of carbonyl (C=O) groups is 1. The zero-order valence-corrected chi connectivity index (χ0v) is 10.9. The first kappa shape index (κ1) is 13.6. The third-order valence-corrected chi connectivity index (χ3v) is 2.84. The second kappa shape index (κ2) is 6.94. The Hall–Kier alpha value is -1.51. The highest BCUT2D eigenvalue weighted by molar-refractivity contribution is 5.77. The molecule has 0 radical (unpaired) electrons. The van der Waals surface area contributed by atoms with Crippen molar-refractivity contribution in [1.82, 2.24) is 0 Å². The zero-order valence-electron chi connectivity index (χ0n) is 10.9. The van der Waals surface area contributed by atoms with E-state index in [2.05, 4.69) is 4.90 Å². The summed E-state index contributed by atoms with van der Waals surface area (Å²) in [4.78, 5) is 13.3. The predicted molar refractivity (Wildman–Crippen MR) is 70.8 cm³/mol. The fourth-order valence-corrected chi connectivity index (χ4v) is 1.67. The molecule has 94 valence electrons. The molecular weight excluding hydrogens is 214 g/mol. The number of rotatable bonds is 7. The van der Waals surface area contributed by atoms with Gasteiger partial charge in [-0.05, 0) is 18.6 Å². The lowest BCUT2D eigenvalue weighted by Gasteiger charge is -2.19. The van der Waals surface area contributed by atoms with Crippen LogP contribution in [0.15, 0.2) is 24.3 Å². The molecular formula is C14H21NO2. The summed E-state index contributed by atoms with van der Waals surface area (Å²) in [6.45, 7) is 2.80. The molecule has 0 fully saturated rings. The molecule has 3 nitrogen and oxygen atoms in total. The second-order valence-corrected chi connectivity index (χ2v) is 4.12. The van der Waals surface area contributed by atoms with E-state index in [1.165, 1.54) is 0 Å². The average Bonchev–Trinajstić information content (AvgIpc) is 2.38. The smallest absolute Gasteiger partial charge is 0.132 e. The van der Waals surface area contributed by atoms with Crippen molar-refractivity contribution < 1.29 is 9.53 Å². The second-order valence-electron chi connectivity index (χ2n) is 4.12. The van der Waals surface area contributed by atoms with Gasteiger partial charge in [-0.15, -0.1) is 0 Å². The predicted octanol–water partition coefficient (Wildman–Crippen LogP) is 2.89. The number of benzene rings is 1. The highest BCUT2D eigenvalue weighted by Gasteiger charge is 2.03. The monoisotopic (exact) mass is 235 g/mol. The van der Waals surface area contributed by atoms with E-state index >= 15 is 0 Å². The average molecular weight is 235 g/mol. The number of carbonyl (C=O) groups excluding carboxylic acids is 1. The maximum absolute atomic E-state index is 11.2. The molecule has 1 rings (SSSR count). The number of anilines is 1. The summed E-state index contributed by atoms with van der Waals surface area (Å²) < 4.78 is 5.18. The summed E-state index contributed by atoms with van der Waals surface area (Å²) in [6, 6.07) is 7.95. The Balaban J connectivity index is 2.46. The quantitative estimate of drug-likeness (QED) is 0.727. The van der Waals surface area contributed by atoms with Gasteiger partial charge in [0, 0.05) is 38.2 Å². The minimum atomic E-state index is 0.337. The van der Waals surface area contributed by atoms with E-state index in [1.807, 2.05) is 38.2 Å². The van der Waals surface area contributed by atoms with Crippen LogP contribution in [-0.4, -0.2) is 26.5 Å². The van der Waals surface area contributed by atoms with E-state index < -0.39 is 0 Å². The molecule has 0 saturated carbocycles. The molecule has 1 aromatic rings. The van der Waals surface area contributed by atoms with Crippen LogP contribution in [0.2, 0.25) is 0 Å². The molecule has 0 unspecified atom stereocenters. The molecule has 0 spiro atoms. The van der Waals surface area contributed by atoms with Gasteiger partial charge in [0.2, 0.25) is 0 Å². The van der Waals surface area contributed by atoms with Crippen molar-refractivity contribution in [2.45, 2.75) is 26.2 Å². The number of hydrogen-bond donors (Lipinski definition) is 0. The van der Waals surface area contributed by atoms with Crippen LogP contribution in [0, 0.1) is 0 Å². The number of ether oxygens (including phenoxy) is 1. The minimum Gasteiger partial charge on any atom is -0.497 e. The van der Waals surface area contributed by atoms with Crippen LogP contribution in [0.4, 0.5) is 5.69 Å². The minimum absolute atomic E-state index is 0.337. The lowest BCUT2D eigenvalue weighted by Crippen LogP contribution is -2.19. The van der Waals surface area contributed by atoms with E-state index in [4.69, 9.17) is 4.74 Å². The molecule has 0 saturated heterocycles. The summed E-state index contributed by atoms with van der Waals surface area (Å²) in [7, 11) is 3.70. The molecule has 0 aromatic heterocycles. The summed E-state index contributed by atoms with van der Waals surface area (Å²) in [6.07, 6.45) is 2.22. The van der Waals surface area contributed by atoms with Gasteiger partial charge in [0.15, 0.2) is 0 Å². The van der Waals surface area contributed by atoms with Crippen LogP contribution in [0.1, 0.15) is 26.2 Å². The molecule has 3 heteroatoms. The molecule has 0 aliphatic rings. The Morgan fingerprint density at radius 1 is 1.41 bits per heavy atom. The lowest BCUT2D eigenvalue weighted by molar-refractivity contribution is -0.118. The van der Waals surface area contributed by atoms with Gasteiger partial charge in [0.05, 0.1) is 7.11 Å². The molecule has 1 aromatic carbocycles. The van der Waals surface area contributed by atoms with Gasteiger partial charge in [-0.3, -0.25) is 4.79 Å². The van der Waals surface area contributed by atoms with Crippen LogP contribution in [0.5, 0.6) is 5.75 Å². The van der Waals surface area contributed by atoms with Crippen molar-refractivity contribution in [1.29, 1.82) is 0 Å². The number of Topliss-reactive ketones (excluding diaryl/α,β-unsaturated/α-hetero) is 1. The first-order chi connectivity index (χ1) is 8.17. The summed E-state index contributed by atoms with van der Waals surface area (Å²) in [5.74, 6) is 1.20. The first-order valence-corrected chi connectivity index (χ1v) is 6.04. The highest BCUT2D eigenvalue weighted by Crippen LogP contribution is 2.20. The third-order valence-electron chi connectivity index (χ3n) is 2.84. The number of hydrogen-bond acceptors (Lipinski definition) is 3. The summed E-state index contributed by atoms with van der Waals surface area (Å²) >= 11 is 0. The van der Waals surface area contributed by atoms with Crippen molar-refractivity contribution in [3.8, 4) is 5.75 Å². The summed E-state index contributed by atoms with van der Waals surface area (Å²) in [5, 5.41) is 0. The van der Waals surface area contributed by atoms with Gasteiger partial charge in [-0.25, -0.2) is 0 Å². The van der Waals surface area contributed by atoms with Gasteiger partial charge < -0.3 is 9.64 Å². The Bertz CT molecular complexity index is 363. The van der Waals surface area contributed by atoms with E-state index in [9.17, 15) is 4.79 Å². The molecule has 0 bridgehead atoms. The van der Waals surface area contributed by atoms with Crippen LogP contribution < -0.4 is 9.64 Å². The van der Waals surface area contributed by atoms with Crippen molar-refractivity contribution in [3.05, 3.63) is 24.3 Å². The number of ketones is 1. The first-order valence-electron chi connectivity index (χ1n) is 6.04. The van der Waals surface area contributed by atoms with E-state index in [0.29, 0.717) is 18.6 Å². The largest absolute Gasteiger partial charge is 0.497 e. The van der Waals surface area contributed by atoms with Gasteiger partial charge in [0.25, 0.3) is 0 Å². The number of nitrogens with zero attached hydrogens (tertiary/aromatic N) is 1. The molecule has 0 heterocycles. The Kier molecular flexibility index (Phi) is 5.53. The lowest BCUT2D eigenvalue weighted by atomic mass is 10.1. The Morgan fingerprint density at radius 3 is 2.82 bits per heavy atom. The standard InChI is InChI=1S/C14H21NO2/c1-4-13(16)8-6-10-15(2)12-7-5-9-14(11-12)17-3/h5,7,9,11H,4,6,8,10H2,1-3H3. The maximum Gasteiger partial charge on any atom is 0.132 e. The van der Waals surface area contributed by atoms with Crippen LogP contribution >= 0.6 is 0 Å².